The topological polar surface area (TPSA) is 57.0 Å². The number of aryl methyl sites for hydroxylation is 1. The van der Waals surface area contributed by atoms with Crippen molar-refractivity contribution in [1.29, 1.82) is 0 Å². The Morgan fingerprint density at radius 3 is 2.62 bits per heavy atom. The predicted octanol–water partition coefficient (Wildman–Crippen LogP) is 4.61. The van der Waals surface area contributed by atoms with Gasteiger partial charge in [0.1, 0.15) is 17.3 Å². The van der Waals surface area contributed by atoms with Crippen LogP contribution in [0.3, 0.4) is 0 Å². The van der Waals surface area contributed by atoms with E-state index in [4.69, 9.17) is 27.9 Å². The van der Waals surface area contributed by atoms with Crippen LogP contribution in [0.2, 0.25) is 10.2 Å². The van der Waals surface area contributed by atoms with Gasteiger partial charge in [-0.25, -0.2) is 9.78 Å². The summed E-state index contributed by atoms with van der Waals surface area (Å²) in [6.45, 7) is 4.24. The van der Waals surface area contributed by atoms with E-state index in [1.807, 2.05) is 31.2 Å². The Kier molecular flexibility index (Phi) is 5.59. The van der Waals surface area contributed by atoms with Crippen LogP contribution in [0.4, 0.5) is 0 Å². The van der Waals surface area contributed by atoms with Crippen LogP contribution in [-0.4, -0.2) is 20.7 Å². The van der Waals surface area contributed by atoms with Crippen LogP contribution in [0.1, 0.15) is 32.9 Å². The quantitative estimate of drug-likeness (QED) is 0.472. The molecular formula is C19H17Cl2N3O2. The summed E-state index contributed by atoms with van der Waals surface area (Å²) in [5, 5.41) is 5.52. The molecule has 0 saturated heterocycles. The van der Waals surface area contributed by atoms with Crippen molar-refractivity contribution in [1.82, 2.24) is 14.8 Å². The summed E-state index contributed by atoms with van der Waals surface area (Å²) in [7, 11) is 0. The molecule has 0 aliphatic carbocycles. The molecule has 0 spiro atoms. The molecule has 0 atom stereocenters. The minimum absolute atomic E-state index is 0.123. The number of nitrogens with zero attached hydrogens (tertiary/aromatic N) is 3. The third kappa shape index (κ3) is 4.06. The van der Waals surface area contributed by atoms with E-state index in [1.54, 1.807) is 29.9 Å². The second kappa shape index (κ2) is 7.89. The molecule has 5 nitrogen and oxygen atoms in total. The van der Waals surface area contributed by atoms with Gasteiger partial charge in [0.2, 0.25) is 0 Å². The Bertz CT molecular complexity index is 936. The smallest absolute Gasteiger partial charge is 0.342 e. The van der Waals surface area contributed by atoms with Gasteiger partial charge in [-0.15, -0.1) is 0 Å². The number of benzene rings is 1. The van der Waals surface area contributed by atoms with Crippen LogP contribution in [-0.2, 0) is 17.9 Å². The molecule has 2 heterocycles. The van der Waals surface area contributed by atoms with Gasteiger partial charge in [0.05, 0.1) is 17.9 Å². The van der Waals surface area contributed by atoms with Crippen molar-refractivity contribution in [2.75, 3.05) is 0 Å². The maximum absolute atomic E-state index is 12.5. The molecule has 0 aliphatic rings. The van der Waals surface area contributed by atoms with E-state index < -0.39 is 5.97 Å². The van der Waals surface area contributed by atoms with Gasteiger partial charge in [-0.1, -0.05) is 47.5 Å². The number of pyridine rings is 1. The monoisotopic (exact) mass is 389 g/mol. The van der Waals surface area contributed by atoms with Crippen LogP contribution in [0.15, 0.2) is 42.6 Å². The van der Waals surface area contributed by atoms with Crippen molar-refractivity contribution in [3.05, 3.63) is 80.8 Å². The molecule has 0 aliphatic heterocycles. The van der Waals surface area contributed by atoms with Crippen molar-refractivity contribution in [3.8, 4) is 0 Å². The first-order valence-corrected chi connectivity index (χ1v) is 8.76. The van der Waals surface area contributed by atoms with E-state index in [0.717, 1.165) is 16.8 Å². The van der Waals surface area contributed by atoms with Gasteiger partial charge in [-0.2, -0.15) is 5.10 Å². The highest BCUT2D eigenvalue weighted by Gasteiger charge is 2.20. The molecule has 3 aromatic rings. The largest absolute Gasteiger partial charge is 0.457 e. The average Bonchev–Trinajstić information content (AvgIpc) is 2.90. The molecule has 0 amide bonds. The number of carbonyl (C=O) groups is 1. The molecule has 0 N–H and O–H groups in total. The first-order valence-electron chi connectivity index (χ1n) is 8.00. The van der Waals surface area contributed by atoms with E-state index in [-0.39, 0.29) is 6.61 Å². The van der Waals surface area contributed by atoms with Gasteiger partial charge < -0.3 is 4.74 Å². The molecule has 26 heavy (non-hydrogen) atoms. The molecule has 0 unspecified atom stereocenters. The third-order valence-corrected chi connectivity index (χ3v) is 4.61. The first-order chi connectivity index (χ1) is 12.5. The number of carbonyl (C=O) groups excluding carboxylic acids is 1. The summed E-state index contributed by atoms with van der Waals surface area (Å²) < 4.78 is 7.16. The number of aromatic nitrogens is 3. The molecule has 0 radical (unpaired) electrons. The van der Waals surface area contributed by atoms with Crippen LogP contribution in [0.5, 0.6) is 0 Å². The van der Waals surface area contributed by atoms with E-state index in [9.17, 15) is 4.79 Å². The van der Waals surface area contributed by atoms with Gasteiger partial charge >= 0.3 is 5.97 Å². The zero-order chi connectivity index (χ0) is 18.7. The molecule has 7 heteroatoms. The third-order valence-electron chi connectivity index (χ3n) is 4.02. The molecule has 2 aromatic heterocycles. The second-order valence-corrected chi connectivity index (χ2v) is 6.65. The number of rotatable bonds is 5. The minimum Gasteiger partial charge on any atom is -0.457 e. The van der Waals surface area contributed by atoms with Crippen molar-refractivity contribution in [3.63, 3.8) is 0 Å². The number of esters is 1. The second-order valence-electron chi connectivity index (χ2n) is 5.86. The van der Waals surface area contributed by atoms with Gasteiger partial charge in [0, 0.05) is 16.8 Å². The van der Waals surface area contributed by atoms with Crippen LogP contribution in [0, 0.1) is 13.8 Å². The standard InChI is InChI=1S/C19H17Cl2N3O2/c1-12-18(19(25)26-11-14-7-8-17(21)22-9-14)13(2)24(23-12)10-15-5-3-4-6-16(15)20/h3-9H,10-11H2,1-2H3. The molecule has 0 saturated carbocycles. The van der Waals surface area contributed by atoms with Crippen molar-refractivity contribution >= 4 is 29.2 Å². The van der Waals surface area contributed by atoms with E-state index >= 15 is 0 Å². The Balaban J connectivity index is 1.75. The lowest BCUT2D eigenvalue weighted by atomic mass is 10.2. The summed E-state index contributed by atoms with van der Waals surface area (Å²) in [6.07, 6.45) is 1.58. The highest BCUT2D eigenvalue weighted by atomic mass is 35.5. The lowest BCUT2D eigenvalue weighted by Crippen LogP contribution is -2.09. The Morgan fingerprint density at radius 2 is 1.92 bits per heavy atom. The lowest BCUT2D eigenvalue weighted by molar-refractivity contribution is 0.0470. The number of hydrogen-bond donors (Lipinski definition) is 0. The molecule has 0 fully saturated rings. The number of halogens is 2. The number of ether oxygens (including phenoxy) is 1. The lowest BCUT2D eigenvalue weighted by Gasteiger charge is -2.08. The minimum atomic E-state index is -0.416. The molecule has 1 aromatic carbocycles. The zero-order valence-corrected chi connectivity index (χ0v) is 15.9. The van der Waals surface area contributed by atoms with Crippen molar-refractivity contribution < 1.29 is 9.53 Å². The summed E-state index contributed by atoms with van der Waals surface area (Å²) in [4.78, 5) is 16.5. The molecule has 134 valence electrons. The normalized spacial score (nSPS) is 10.8. The maximum Gasteiger partial charge on any atom is 0.342 e. The summed E-state index contributed by atoms with van der Waals surface area (Å²) in [6, 6.07) is 11.0. The summed E-state index contributed by atoms with van der Waals surface area (Å²) >= 11 is 12.0. The summed E-state index contributed by atoms with van der Waals surface area (Å²) in [5.41, 5.74) is 3.53. The molecule has 3 rings (SSSR count). The van der Waals surface area contributed by atoms with E-state index in [1.165, 1.54) is 0 Å². The number of hydrogen-bond acceptors (Lipinski definition) is 4. The molecule has 0 bridgehead atoms. The highest BCUT2D eigenvalue weighted by molar-refractivity contribution is 6.31. The van der Waals surface area contributed by atoms with Crippen LogP contribution < -0.4 is 0 Å². The fourth-order valence-electron chi connectivity index (χ4n) is 2.65. The van der Waals surface area contributed by atoms with E-state index in [0.29, 0.717) is 28.0 Å². The van der Waals surface area contributed by atoms with Crippen molar-refractivity contribution in [2.45, 2.75) is 27.0 Å². The van der Waals surface area contributed by atoms with E-state index in [2.05, 4.69) is 10.1 Å². The predicted molar refractivity (Wildman–Crippen MR) is 101 cm³/mol. The zero-order valence-electron chi connectivity index (χ0n) is 14.4. The van der Waals surface area contributed by atoms with Gasteiger partial charge in [0.15, 0.2) is 0 Å². The van der Waals surface area contributed by atoms with Gasteiger partial charge in [-0.05, 0) is 31.5 Å². The fraction of sp³-hybridized carbons (Fsp3) is 0.211. The average molecular weight is 390 g/mol. The molecular weight excluding hydrogens is 373 g/mol. The Hall–Kier alpha value is -2.37. The van der Waals surface area contributed by atoms with Gasteiger partial charge in [0.25, 0.3) is 0 Å². The fourth-order valence-corrected chi connectivity index (χ4v) is 2.95. The van der Waals surface area contributed by atoms with Gasteiger partial charge in [-0.3, -0.25) is 4.68 Å². The van der Waals surface area contributed by atoms with Crippen LogP contribution in [0.25, 0.3) is 0 Å². The highest BCUT2D eigenvalue weighted by Crippen LogP contribution is 2.20. The van der Waals surface area contributed by atoms with Crippen LogP contribution >= 0.6 is 23.2 Å². The Labute approximate surface area is 161 Å². The first kappa shape index (κ1) is 18.4. The SMILES string of the molecule is Cc1nn(Cc2ccccc2Cl)c(C)c1C(=O)OCc1ccc(Cl)nc1. The Morgan fingerprint density at radius 1 is 1.15 bits per heavy atom. The summed E-state index contributed by atoms with van der Waals surface area (Å²) in [5.74, 6) is -0.416. The maximum atomic E-state index is 12.5. The van der Waals surface area contributed by atoms with Crippen molar-refractivity contribution in [2.24, 2.45) is 0 Å².